The Morgan fingerprint density at radius 1 is 1.24 bits per heavy atom. The Morgan fingerprint density at radius 2 is 2.03 bits per heavy atom. The van der Waals surface area contributed by atoms with E-state index in [0.29, 0.717) is 44.8 Å². The molecular formula is C24H28F2N6O5. The third-order valence-electron chi connectivity index (χ3n) is 6.95. The van der Waals surface area contributed by atoms with Gasteiger partial charge < -0.3 is 29.7 Å². The molecule has 11 nitrogen and oxygen atoms in total. The highest BCUT2D eigenvalue weighted by Gasteiger charge is 2.45. The highest BCUT2D eigenvalue weighted by molar-refractivity contribution is 5.78. The van der Waals surface area contributed by atoms with E-state index in [9.17, 15) is 23.5 Å². The zero-order valence-corrected chi connectivity index (χ0v) is 20.1. The Labute approximate surface area is 211 Å². The molecule has 0 aromatic carbocycles. The van der Waals surface area contributed by atoms with Gasteiger partial charge >= 0.3 is 24.6 Å². The fraction of sp³-hybridized carbons (Fsp3) is 0.542. The van der Waals surface area contributed by atoms with E-state index >= 15 is 0 Å². The number of alkyl halides is 2. The zero-order chi connectivity index (χ0) is 26.0. The van der Waals surface area contributed by atoms with E-state index in [1.165, 1.54) is 22.9 Å². The molecule has 5 heterocycles. The summed E-state index contributed by atoms with van der Waals surface area (Å²) in [6, 6.07) is 2.47. The minimum absolute atomic E-state index is 0.277. The van der Waals surface area contributed by atoms with E-state index in [2.05, 4.69) is 26.1 Å². The number of amides is 2. The maximum Gasteiger partial charge on any atom is 0.389 e. The molecular weight excluding hydrogens is 490 g/mol. The number of anilines is 1. The van der Waals surface area contributed by atoms with Gasteiger partial charge in [0.1, 0.15) is 5.82 Å². The number of carbonyl (C=O) groups is 2. The van der Waals surface area contributed by atoms with Gasteiger partial charge in [0.05, 0.1) is 25.7 Å². The van der Waals surface area contributed by atoms with Gasteiger partial charge in [-0.05, 0) is 24.5 Å². The van der Waals surface area contributed by atoms with Crippen LogP contribution in [0.4, 0.5) is 19.4 Å². The maximum atomic E-state index is 13.4. The number of aliphatic carboxylic acids is 1. The van der Waals surface area contributed by atoms with Crippen molar-refractivity contribution in [2.45, 2.75) is 38.3 Å². The second-order valence-corrected chi connectivity index (χ2v) is 9.70. The van der Waals surface area contributed by atoms with E-state index in [-0.39, 0.29) is 17.9 Å². The zero-order valence-electron chi connectivity index (χ0n) is 20.1. The molecule has 37 heavy (non-hydrogen) atoms. The van der Waals surface area contributed by atoms with Gasteiger partial charge in [-0.2, -0.15) is 8.78 Å². The Hall–Kier alpha value is -3.61. The summed E-state index contributed by atoms with van der Waals surface area (Å²) in [5, 5.41) is 12.8. The molecule has 1 atom stereocenters. The molecule has 2 fully saturated rings. The lowest BCUT2D eigenvalue weighted by molar-refractivity contribution is -0.138. The second kappa shape index (κ2) is 10.4. The summed E-state index contributed by atoms with van der Waals surface area (Å²) >= 11 is 0. The summed E-state index contributed by atoms with van der Waals surface area (Å²) in [4.78, 5) is 40.4. The van der Waals surface area contributed by atoms with Gasteiger partial charge in [0.2, 0.25) is 0 Å². The van der Waals surface area contributed by atoms with Crippen LogP contribution in [0.3, 0.4) is 0 Å². The van der Waals surface area contributed by atoms with E-state index in [1.807, 2.05) is 6.07 Å². The highest BCUT2D eigenvalue weighted by Crippen LogP contribution is 2.36. The number of ether oxygens (including phenoxy) is 2. The fourth-order valence-electron chi connectivity index (χ4n) is 5.15. The SMILES string of the molecule is O=C(O)C[C@@H](c1cnc(OC(F)F)nc1)N1CCN(CC2(Cc3ccc4c(n3)NCCC4)COC2)C1=O. The predicted molar refractivity (Wildman–Crippen MR) is 125 cm³/mol. The van der Waals surface area contributed by atoms with Crippen molar-refractivity contribution in [1.82, 2.24) is 24.8 Å². The van der Waals surface area contributed by atoms with Crippen LogP contribution in [-0.4, -0.2) is 87.9 Å². The second-order valence-electron chi connectivity index (χ2n) is 9.70. The first-order chi connectivity index (χ1) is 17.8. The number of carboxylic acids is 1. The normalized spacial score (nSPS) is 19.3. The number of aryl methyl sites for hydroxylation is 1. The van der Waals surface area contributed by atoms with Crippen LogP contribution in [0.5, 0.6) is 6.01 Å². The van der Waals surface area contributed by atoms with Crippen molar-refractivity contribution < 1.29 is 33.0 Å². The Kier molecular flexibility index (Phi) is 7.04. The number of hydrogen-bond donors (Lipinski definition) is 2. The van der Waals surface area contributed by atoms with Gasteiger partial charge in [-0.15, -0.1) is 0 Å². The van der Waals surface area contributed by atoms with E-state index in [0.717, 1.165) is 30.9 Å². The molecule has 13 heteroatoms. The average molecular weight is 519 g/mol. The van der Waals surface area contributed by atoms with Gasteiger partial charge in [-0.25, -0.2) is 19.7 Å². The topological polar surface area (TPSA) is 130 Å². The number of halogens is 2. The van der Waals surface area contributed by atoms with E-state index < -0.39 is 24.6 Å². The Morgan fingerprint density at radius 3 is 2.70 bits per heavy atom. The molecule has 0 bridgehead atoms. The van der Waals surface area contributed by atoms with Gasteiger partial charge in [-0.3, -0.25) is 4.79 Å². The largest absolute Gasteiger partial charge is 0.481 e. The van der Waals surface area contributed by atoms with Crippen molar-refractivity contribution in [1.29, 1.82) is 0 Å². The molecule has 0 unspecified atom stereocenters. The van der Waals surface area contributed by atoms with Crippen LogP contribution in [0, 0.1) is 5.41 Å². The number of carboxylic acid groups (broad SMARTS) is 1. The average Bonchev–Trinajstić information content (AvgIpc) is 3.20. The molecule has 2 aromatic rings. The molecule has 2 saturated heterocycles. The number of nitrogens with zero attached hydrogens (tertiary/aromatic N) is 5. The number of pyridine rings is 1. The van der Waals surface area contributed by atoms with Crippen LogP contribution in [0.2, 0.25) is 0 Å². The van der Waals surface area contributed by atoms with Crippen molar-refractivity contribution in [2.24, 2.45) is 5.41 Å². The molecule has 3 aliphatic rings. The number of urea groups is 1. The molecule has 3 aliphatic heterocycles. The van der Waals surface area contributed by atoms with Crippen molar-refractivity contribution in [2.75, 3.05) is 44.7 Å². The van der Waals surface area contributed by atoms with Gasteiger partial charge in [-0.1, -0.05) is 6.07 Å². The fourth-order valence-corrected chi connectivity index (χ4v) is 5.15. The minimum atomic E-state index is -3.08. The van der Waals surface area contributed by atoms with Crippen LogP contribution in [0.15, 0.2) is 24.5 Å². The van der Waals surface area contributed by atoms with Crippen LogP contribution >= 0.6 is 0 Å². The molecule has 0 aliphatic carbocycles. The van der Waals surface area contributed by atoms with Crippen molar-refractivity contribution >= 4 is 17.8 Å². The summed E-state index contributed by atoms with van der Waals surface area (Å²) in [5.74, 6) is -0.189. The van der Waals surface area contributed by atoms with E-state index in [1.54, 1.807) is 4.90 Å². The van der Waals surface area contributed by atoms with Crippen molar-refractivity contribution in [3.8, 4) is 6.01 Å². The molecule has 198 valence electrons. The summed E-state index contributed by atoms with van der Waals surface area (Å²) in [5.41, 5.74) is 2.20. The molecule has 0 spiro atoms. The highest BCUT2D eigenvalue weighted by atomic mass is 19.3. The van der Waals surface area contributed by atoms with Crippen molar-refractivity contribution in [3.63, 3.8) is 0 Å². The third kappa shape index (κ3) is 5.55. The molecule has 2 amide bonds. The van der Waals surface area contributed by atoms with Gasteiger partial charge in [0.25, 0.3) is 0 Å². The molecule has 2 N–H and O–H groups in total. The molecule has 2 aromatic heterocycles. The standard InChI is InChI=1S/C24H28F2N6O5/c25-21(26)37-22-28-10-16(11-29-22)18(8-19(33)34)32-7-6-31(23(32)35)12-24(13-36-14-24)9-17-4-3-15-2-1-5-27-20(15)30-17/h3-4,10-11,18,21H,1-2,5-9,12-14H2,(H,27,30)(H,33,34)/t18-/m0/s1. The van der Waals surface area contributed by atoms with Gasteiger partial charge in [0, 0.05) is 61.7 Å². The van der Waals surface area contributed by atoms with Crippen LogP contribution in [0.25, 0.3) is 0 Å². The number of hydrogen-bond acceptors (Lipinski definition) is 8. The maximum absolute atomic E-state index is 13.4. The third-order valence-corrected chi connectivity index (χ3v) is 6.95. The number of nitrogens with one attached hydrogen (secondary N) is 1. The first-order valence-corrected chi connectivity index (χ1v) is 12.2. The molecule has 0 saturated carbocycles. The number of fused-ring (bicyclic) bond motifs is 1. The summed E-state index contributed by atoms with van der Waals surface area (Å²) in [6.07, 6.45) is 4.80. The summed E-state index contributed by atoms with van der Waals surface area (Å²) < 4.78 is 34.6. The Bertz CT molecular complexity index is 1150. The monoisotopic (exact) mass is 518 g/mol. The van der Waals surface area contributed by atoms with Gasteiger partial charge in [0.15, 0.2) is 0 Å². The van der Waals surface area contributed by atoms with E-state index in [4.69, 9.17) is 9.72 Å². The molecule has 5 rings (SSSR count). The lowest BCUT2D eigenvalue weighted by Gasteiger charge is -2.43. The smallest absolute Gasteiger partial charge is 0.389 e. The number of rotatable bonds is 10. The quantitative estimate of drug-likeness (QED) is 0.487. The number of aromatic nitrogens is 3. The van der Waals surface area contributed by atoms with Crippen LogP contribution in [-0.2, 0) is 22.4 Å². The van der Waals surface area contributed by atoms with Crippen molar-refractivity contribution in [3.05, 3.63) is 41.3 Å². The Balaban J connectivity index is 1.28. The summed E-state index contributed by atoms with van der Waals surface area (Å²) in [7, 11) is 0. The lowest BCUT2D eigenvalue weighted by atomic mass is 9.80. The lowest BCUT2D eigenvalue weighted by Crippen LogP contribution is -2.53. The summed E-state index contributed by atoms with van der Waals surface area (Å²) in [6.45, 7) is 0.00617. The minimum Gasteiger partial charge on any atom is -0.481 e. The first kappa shape index (κ1) is 25.1. The van der Waals surface area contributed by atoms with Crippen LogP contribution < -0.4 is 10.1 Å². The number of carbonyl (C=O) groups excluding carboxylic acids is 1. The molecule has 0 radical (unpaired) electrons. The first-order valence-electron chi connectivity index (χ1n) is 12.2. The van der Waals surface area contributed by atoms with Crippen LogP contribution in [0.1, 0.15) is 35.7 Å². The predicted octanol–water partition coefficient (Wildman–Crippen LogP) is 2.34.